The first-order valence-corrected chi connectivity index (χ1v) is 7.47. The Kier molecular flexibility index (Phi) is 4.12. The highest BCUT2D eigenvalue weighted by Gasteiger charge is 2.25. The Bertz CT molecular complexity index is 647. The molecular formula is C15H18ClN3O2. The molecule has 0 spiro atoms. The van der Waals surface area contributed by atoms with Gasteiger partial charge in [0.05, 0.1) is 23.7 Å². The van der Waals surface area contributed by atoms with E-state index >= 15 is 0 Å². The predicted octanol–water partition coefficient (Wildman–Crippen LogP) is 2.37. The average molecular weight is 308 g/mol. The van der Waals surface area contributed by atoms with Crippen LogP contribution in [-0.4, -0.2) is 40.5 Å². The number of esters is 1. The van der Waals surface area contributed by atoms with Gasteiger partial charge in [0.25, 0.3) is 0 Å². The second kappa shape index (κ2) is 6.03. The molecule has 0 radical (unpaired) electrons. The molecule has 2 aromatic rings. The molecule has 0 amide bonds. The van der Waals surface area contributed by atoms with Gasteiger partial charge in [-0.2, -0.15) is 0 Å². The fourth-order valence-electron chi connectivity index (χ4n) is 2.82. The number of pyridine rings is 1. The van der Waals surface area contributed by atoms with Crippen LogP contribution in [0.15, 0.2) is 24.5 Å². The monoisotopic (exact) mass is 307 g/mol. The predicted molar refractivity (Wildman–Crippen MR) is 80.2 cm³/mol. The van der Waals surface area contributed by atoms with E-state index in [2.05, 4.69) is 9.88 Å². The van der Waals surface area contributed by atoms with Gasteiger partial charge in [-0.25, -0.2) is 4.98 Å². The lowest BCUT2D eigenvalue weighted by atomic mass is 9.97. The number of hydrogen-bond donors (Lipinski definition) is 0. The number of piperidine rings is 1. The number of carbonyl (C=O) groups excluding carboxylic acids is 1. The van der Waals surface area contributed by atoms with Crippen molar-refractivity contribution >= 4 is 23.2 Å². The van der Waals surface area contributed by atoms with Gasteiger partial charge < -0.3 is 9.14 Å². The van der Waals surface area contributed by atoms with Crippen LogP contribution >= 0.6 is 11.6 Å². The molecule has 0 aromatic carbocycles. The van der Waals surface area contributed by atoms with Crippen molar-refractivity contribution in [2.75, 3.05) is 20.2 Å². The van der Waals surface area contributed by atoms with Crippen LogP contribution in [0.3, 0.4) is 0 Å². The summed E-state index contributed by atoms with van der Waals surface area (Å²) in [5, 5.41) is 0.699. The van der Waals surface area contributed by atoms with Crippen LogP contribution in [0.1, 0.15) is 18.5 Å². The van der Waals surface area contributed by atoms with Crippen molar-refractivity contribution in [3.63, 3.8) is 0 Å². The lowest BCUT2D eigenvalue weighted by molar-refractivity contribution is -0.147. The molecular weight excluding hydrogens is 290 g/mol. The first-order valence-electron chi connectivity index (χ1n) is 7.09. The third kappa shape index (κ3) is 3.19. The summed E-state index contributed by atoms with van der Waals surface area (Å²) in [5.41, 5.74) is 1.92. The summed E-state index contributed by atoms with van der Waals surface area (Å²) in [6, 6.07) is 3.75. The molecule has 0 atom stereocenters. The van der Waals surface area contributed by atoms with Gasteiger partial charge in [-0.05, 0) is 38.1 Å². The summed E-state index contributed by atoms with van der Waals surface area (Å²) in [6.45, 7) is 2.59. The van der Waals surface area contributed by atoms with Crippen LogP contribution in [0, 0.1) is 5.92 Å². The largest absolute Gasteiger partial charge is 0.469 e. The van der Waals surface area contributed by atoms with Crippen LogP contribution in [-0.2, 0) is 16.1 Å². The highest BCUT2D eigenvalue weighted by atomic mass is 35.5. The standard InChI is InChI=1S/C15H18ClN3O2/c1-21-15(20)11-4-6-18(7-5-11)9-13-10-19-8-12(16)2-3-14(19)17-13/h2-3,8,10-11H,4-7,9H2,1H3. The van der Waals surface area contributed by atoms with Gasteiger partial charge in [-0.3, -0.25) is 9.69 Å². The van der Waals surface area contributed by atoms with E-state index in [1.165, 1.54) is 7.11 Å². The number of methoxy groups -OCH3 is 1. The molecule has 0 aliphatic carbocycles. The Morgan fingerprint density at radius 2 is 2.14 bits per heavy atom. The molecule has 21 heavy (non-hydrogen) atoms. The molecule has 2 aromatic heterocycles. The smallest absolute Gasteiger partial charge is 0.308 e. The molecule has 0 N–H and O–H groups in total. The normalized spacial score (nSPS) is 17.2. The number of rotatable bonds is 3. The van der Waals surface area contributed by atoms with E-state index in [0.717, 1.165) is 43.8 Å². The number of imidazole rings is 1. The zero-order valence-corrected chi connectivity index (χ0v) is 12.7. The second-order valence-corrected chi connectivity index (χ2v) is 5.86. The van der Waals surface area contributed by atoms with Crippen molar-refractivity contribution in [1.29, 1.82) is 0 Å². The number of nitrogens with zero attached hydrogens (tertiary/aromatic N) is 3. The minimum absolute atomic E-state index is 0.0473. The van der Waals surface area contributed by atoms with Gasteiger partial charge in [-0.15, -0.1) is 0 Å². The first kappa shape index (κ1) is 14.4. The third-order valence-corrected chi connectivity index (χ3v) is 4.20. The van der Waals surface area contributed by atoms with E-state index in [1.54, 1.807) is 0 Å². The molecule has 3 heterocycles. The Labute approximate surface area is 128 Å². The molecule has 3 rings (SSSR count). The zero-order valence-electron chi connectivity index (χ0n) is 12.0. The van der Waals surface area contributed by atoms with Crippen LogP contribution in [0.2, 0.25) is 5.02 Å². The molecule has 0 saturated carbocycles. The lowest BCUT2D eigenvalue weighted by Gasteiger charge is -2.29. The van der Waals surface area contributed by atoms with E-state index in [-0.39, 0.29) is 11.9 Å². The fraction of sp³-hybridized carbons (Fsp3) is 0.467. The minimum atomic E-state index is -0.0861. The summed E-state index contributed by atoms with van der Waals surface area (Å²) >= 11 is 5.98. The van der Waals surface area contributed by atoms with E-state index in [1.807, 2.05) is 28.9 Å². The number of aromatic nitrogens is 2. The minimum Gasteiger partial charge on any atom is -0.469 e. The van der Waals surface area contributed by atoms with Crippen LogP contribution in [0.4, 0.5) is 0 Å². The Hall–Kier alpha value is -1.59. The molecule has 5 nitrogen and oxygen atoms in total. The van der Waals surface area contributed by atoms with Gasteiger partial charge >= 0.3 is 5.97 Å². The first-order chi connectivity index (χ1) is 10.2. The van der Waals surface area contributed by atoms with E-state index in [0.29, 0.717) is 5.02 Å². The van der Waals surface area contributed by atoms with Crippen molar-refractivity contribution < 1.29 is 9.53 Å². The van der Waals surface area contributed by atoms with Gasteiger partial charge in [0.1, 0.15) is 5.65 Å². The Morgan fingerprint density at radius 1 is 1.38 bits per heavy atom. The highest BCUT2D eigenvalue weighted by molar-refractivity contribution is 6.30. The fourth-order valence-corrected chi connectivity index (χ4v) is 2.98. The highest BCUT2D eigenvalue weighted by Crippen LogP contribution is 2.20. The molecule has 0 unspecified atom stereocenters. The average Bonchev–Trinajstić information content (AvgIpc) is 2.88. The van der Waals surface area contributed by atoms with Crippen LogP contribution in [0.25, 0.3) is 5.65 Å². The number of carbonyl (C=O) groups is 1. The SMILES string of the molecule is COC(=O)C1CCN(Cc2cn3cc(Cl)ccc3n2)CC1. The summed E-state index contributed by atoms with van der Waals surface area (Å²) < 4.78 is 6.75. The summed E-state index contributed by atoms with van der Waals surface area (Å²) in [5.74, 6) is -0.0388. The van der Waals surface area contributed by atoms with Crippen molar-refractivity contribution in [1.82, 2.24) is 14.3 Å². The van der Waals surface area contributed by atoms with Gasteiger partial charge in [0, 0.05) is 18.9 Å². The van der Waals surface area contributed by atoms with E-state index in [9.17, 15) is 4.79 Å². The molecule has 1 aliphatic heterocycles. The number of likely N-dealkylation sites (tertiary alicyclic amines) is 1. The van der Waals surface area contributed by atoms with Crippen molar-refractivity contribution in [3.05, 3.63) is 35.2 Å². The third-order valence-electron chi connectivity index (χ3n) is 3.97. The zero-order chi connectivity index (χ0) is 14.8. The lowest BCUT2D eigenvalue weighted by Crippen LogP contribution is -2.36. The Morgan fingerprint density at radius 3 is 2.86 bits per heavy atom. The van der Waals surface area contributed by atoms with Crippen molar-refractivity contribution in [2.24, 2.45) is 5.92 Å². The van der Waals surface area contributed by atoms with E-state index in [4.69, 9.17) is 16.3 Å². The maximum absolute atomic E-state index is 11.5. The number of hydrogen-bond acceptors (Lipinski definition) is 4. The van der Waals surface area contributed by atoms with Crippen molar-refractivity contribution in [2.45, 2.75) is 19.4 Å². The topological polar surface area (TPSA) is 46.8 Å². The van der Waals surface area contributed by atoms with Gasteiger partial charge in [0.15, 0.2) is 0 Å². The number of ether oxygens (including phenoxy) is 1. The Balaban J connectivity index is 1.63. The second-order valence-electron chi connectivity index (χ2n) is 5.42. The maximum Gasteiger partial charge on any atom is 0.308 e. The summed E-state index contributed by atoms with van der Waals surface area (Å²) in [4.78, 5) is 18.4. The molecule has 6 heteroatoms. The molecule has 0 bridgehead atoms. The quantitative estimate of drug-likeness (QED) is 0.817. The van der Waals surface area contributed by atoms with Gasteiger partial charge in [-0.1, -0.05) is 11.6 Å². The molecule has 1 aliphatic rings. The molecule has 1 saturated heterocycles. The van der Waals surface area contributed by atoms with Crippen molar-refractivity contribution in [3.8, 4) is 0 Å². The number of fused-ring (bicyclic) bond motifs is 1. The maximum atomic E-state index is 11.5. The summed E-state index contributed by atoms with van der Waals surface area (Å²) in [7, 11) is 1.45. The van der Waals surface area contributed by atoms with Crippen LogP contribution < -0.4 is 0 Å². The van der Waals surface area contributed by atoms with Crippen LogP contribution in [0.5, 0.6) is 0 Å². The summed E-state index contributed by atoms with van der Waals surface area (Å²) in [6.07, 6.45) is 5.57. The molecule has 112 valence electrons. The number of halogens is 1. The molecule has 1 fully saturated rings. The van der Waals surface area contributed by atoms with E-state index < -0.39 is 0 Å². The van der Waals surface area contributed by atoms with Gasteiger partial charge in [0.2, 0.25) is 0 Å².